The summed E-state index contributed by atoms with van der Waals surface area (Å²) in [5.41, 5.74) is 2.74. The van der Waals surface area contributed by atoms with Crippen molar-refractivity contribution in [3.63, 3.8) is 0 Å². The van der Waals surface area contributed by atoms with Gasteiger partial charge in [-0.15, -0.1) is 0 Å². The lowest BCUT2D eigenvalue weighted by atomic mass is 10.2. The summed E-state index contributed by atoms with van der Waals surface area (Å²) in [5, 5.41) is 9.74. The van der Waals surface area contributed by atoms with E-state index >= 15 is 0 Å². The second kappa shape index (κ2) is 10.8. The second-order valence-electron chi connectivity index (χ2n) is 7.94. The Labute approximate surface area is 209 Å². The van der Waals surface area contributed by atoms with Crippen molar-refractivity contribution in [1.82, 2.24) is 19.9 Å². The van der Waals surface area contributed by atoms with Gasteiger partial charge in [0.15, 0.2) is 5.69 Å². The SMILES string of the molecule is O=C(CN1CCN(c2ccccc2)CC1)n1nc(-c2ccccc2)n[n+]1-c1cccc(Cl)c1.[Cl-]. The van der Waals surface area contributed by atoms with Crippen molar-refractivity contribution in [2.75, 3.05) is 37.6 Å². The number of aromatic nitrogens is 4. The number of carbonyl (C=O) groups excluding carboxylic acids is 1. The first-order valence-electron chi connectivity index (χ1n) is 10.9. The van der Waals surface area contributed by atoms with Crippen LogP contribution in [0.5, 0.6) is 0 Å². The molecular weight excluding hydrogens is 471 g/mol. The molecule has 7 nitrogen and oxygen atoms in total. The van der Waals surface area contributed by atoms with Crippen LogP contribution in [0.2, 0.25) is 5.02 Å². The minimum absolute atomic E-state index is 0. The van der Waals surface area contributed by atoms with Gasteiger partial charge in [0.1, 0.15) is 0 Å². The molecule has 0 spiro atoms. The van der Waals surface area contributed by atoms with Crippen molar-refractivity contribution in [1.29, 1.82) is 0 Å². The molecule has 0 amide bonds. The Kier molecular flexibility index (Phi) is 7.57. The van der Waals surface area contributed by atoms with E-state index in [0.29, 0.717) is 16.5 Å². The molecule has 0 unspecified atom stereocenters. The number of benzene rings is 3. The lowest BCUT2D eigenvalue weighted by Crippen LogP contribution is -3.00. The van der Waals surface area contributed by atoms with Gasteiger partial charge in [-0.1, -0.05) is 54.1 Å². The Morgan fingerprint density at radius 3 is 2.24 bits per heavy atom. The van der Waals surface area contributed by atoms with E-state index in [4.69, 9.17) is 11.6 Å². The lowest BCUT2D eigenvalue weighted by molar-refractivity contribution is -0.732. The molecule has 5 rings (SSSR count). The van der Waals surface area contributed by atoms with E-state index in [9.17, 15) is 4.79 Å². The van der Waals surface area contributed by atoms with Gasteiger partial charge in [-0.05, 0) is 46.3 Å². The highest BCUT2D eigenvalue weighted by atomic mass is 35.5. The van der Waals surface area contributed by atoms with Crippen LogP contribution in [0.25, 0.3) is 17.1 Å². The molecule has 34 heavy (non-hydrogen) atoms. The lowest BCUT2D eigenvalue weighted by Gasteiger charge is -2.35. The van der Waals surface area contributed by atoms with E-state index in [1.165, 1.54) is 15.3 Å². The monoisotopic (exact) mass is 494 g/mol. The summed E-state index contributed by atoms with van der Waals surface area (Å²) in [6.45, 7) is 3.62. The van der Waals surface area contributed by atoms with E-state index in [1.807, 2.05) is 48.5 Å². The number of nitrogens with zero attached hydrogens (tertiary/aromatic N) is 6. The fourth-order valence-electron chi connectivity index (χ4n) is 3.97. The van der Waals surface area contributed by atoms with Crippen molar-refractivity contribution in [2.45, 2.75) is 0 Å². The molecule has 174 valence electrons. The molecule has 0 saturated carbocycles. The first kappa shape index (κ1) is 23.9. The summed E-state index contributed by atoms with van der Waals surface area (Å²) in [5.74, 6) is 0.343. The van der Waals surface area contributed by atoms with Gasteiger partial charge >= 0.3 is 11.7 Å². The van der Waals surface area contributed by atoms with Crippen molar-refractivity contribution >= 4 is 23.2 Å². The third kappa shape index (κ3) is 5.28. The van der Waals surface area contributed by atoms with Crippen LogP contribution in [-0.4, -0.2) is 58.5 Å². The average molecular weight is 495 g/mol. The Balaban J connectivity index is 0.00000274. The Morgan fingerprint density at radius 2 is 1.56 bits per heavy atom. The normalized spacial score (nSPS) is 14.0. The van der Waals surface area contributed by atoms with Gasteiger partial charge in [-0.3, -0.25) is 9.69 Å². The smallest absolute Gasteiger partial charge is 0.340 e. The van der Waals surface area contributed by atoms with Crippen molar-refractivity contribution < 1.29 is 22.0 Å². The summed E-state index contributed by atoms with van der Waals surface area (Å²) in [6, 6.07) is 27.3. The molecule has 2 heterocycles. The third-order valence-electron chi connectivity index (χ3n) is 5.71. The van der Waals surface area contributed by atoms with E-state index in [2.05, 4.69) is 44.3 Å². The summed E-state index contributed by atoms with van der Waals surface area (Å²) in [4.78, 5) is 20.7. The Hall–Kier alpha value is -3.26. The summed E-state index contributed by atoms with van der Waals surface area (Å²) in [7, 11) is 0. The second-order valence-corrected chi connectivity index (χ2v) is 8.38. The molecule has 1 fully saturated rings. The van der Waals surface area contributed by atoms with Crippen LogP contribution in [0.15, 0.2) is 84.9 Å². The zero-order valence-electron chi connectivity index (χ0n) is 18.5. The number of tetrazole rings is 1. The van der Waals surface area contributed by atoms with Crippen LogP contribution in [0, 0.1) is 0 Å². The van der Waals surface area contributed by atoms with Gasteiger partial charge in [0, 0.05) is 43.0 Å². The molecule has 0 aliphatic carbocycles. The Morgan fingerprint density at radius 1 is 0.882 bits per heavy atom. The number of para-hydroxylation sites is 1. The highest BCUT2D eigenvalue weighted by Crippen LogP contribution is 2.16. The largest absolute Gasteiger partial charge is 1.00 e. The Bertz CT molecular complexity index is 1240. The first-order chi connectivity index (χ1) is 16.2. The van der Waals surface area contributed by atoms with Crippen molar-refractivity contribution in [2.24, 2.45) is 0 Å². The quantitative estimate of drug-likeness (QED) is 0.374. The maximum atomic E-state index is 13.3. The van der Waals surface area contributed by atoms with Gasteiger partial charge in [0.2, 0.25) is 0 Å². The maximum absolute atomic E-state index is 13.3. The van der Waals surface area contributed by atoms with Crippen molar-refractivity contribution in [3.8, 4) is 17.1 Å². The van der Waals surface area contributed by atoms with Gasteiger partial charge in [0.05, 0.1) is 22.0 Å². The first-order valence-corrected chi connectivity index (χ1v) is 11.3. The molecule has 0 radical (unpaired) electrons. The molecule has 0 atom stereocenters. The highest BCUT2D eigenvalue weighted by molar-refractivity contribution is 6.30. The summed E-state index contributed by atoms with van der Waals surface area (Å²) < 4.78 is 0. The van der Waals surface area contributed by atoms with Crippen LogP contribution < -0.4 is 22.1 Å². The standard InChI is InChI=1S/C25H24ClN6O.ClH/c26-21-10-7-13-23(18-21)31-27-25(20-8-3-1-4-9-20)28-32(31)24(33)19-29-14-16-30(17-15-29)22-11-5-2-6-12-22;/h1-13,18H,14-17,19H2;1H/q+1;/p-1. The van der Waals surface area contributed by atoms with Crippen LogP contribution in [0.4, 0.5) is 5.69 Å². The predicted octanol–water partition coefficient (Wildman–Crippen LogP) is 0.342. The topological polar surface area (TPSA) is 58.1 Å². The molecular formula is C25H24Cl2N6O. The van der Waals surface area contributed by atoms with E-state index in [1.54, 1.807) is 12.1 Å². The van der Waals surface area contributed by atoms with Gasteiger partial charge in [0.25, 0.3) is 0 Å². The number of hydrogen-bond acceptors (Lipinski definition) is 5. The van der Waals surface area contributed by atoms with E-state index in [0.717, 1.165) is 31.7 Å². The van der Waals surface area contributed by atoms with Crippen molar-refractivity contribution in [3.05, 3.63) is 90.0 Å². The molecule has 1 aromatic heterocycles. The van der Waals surface area contributed by atoms with Gasteiger partial charge in [-0.2, -0.15) is 0 Å². The van der Waals surface area contributed by atoms with Gasteiger partial charge < -0.3 is 17.3 Å². The van der Waals surface area contributed by atoms with Crippen LogP contribution in [0.3, 0.4) is 0 Å². The maximum Gasteiger partial charge on any atom is 0.340 e. The zero-order chi connectivity index (χ0) is 22.6. The molecule has 0 bridgehead atoms. The third-order valence-corrected chi connectivity index (χ3v) is 5.94. The fourth-order valence-corrected chi connectivity index (χ4v) is 4.16. The minimum atomic E-state index is -0.141. The number of hydrogen-bond donors (Lipinski definition) is 0. The van der Waals surface area contributed by atoms with Crippen LogP contribution >= 0.6 is 11.6 Å². The molecule has 1 aliphatic rings. The molecule has 0 N–H and O–H groups in total. The van der Waals surface area contributed by atoms with E-state index < -0.39 is 0 Å². The van der Waals surface area contributed by atoms with E-state index in [-0.39, 0.29) is 24.9 Å². The fraction of sp³-hybridized carbons (Fsp3) is 0.200. The molecule has 4 aromatic rings. The van der Waals surface area contributed by atoms with Crippen LogP contribution in [-0.2, 0) is 0 Å². The van der Waals surface area contributed by atoms with Gasteiger partial charge in [-0.25, -0.2) is 0 Å². The number of piperazine rings is 1. The molecule has 9 heteroatoms. The van der Waals surface area contributed by atoms with Crippen LogP contribution in [0.1, 0.15) is 4.79 Å². The highest BCUT2D eigenvalue weighted by Gasteiger charge is 2.29. The molecule has 1 saturated heterocycles. The number of halogens is 2. The number of anilines is 1. The zero-order valence-corrected chi connectivity index (χ0v) is 20.0. The summed E-state index contributed by atoms with van der Waals surface area (Å²) in [6.07, 6.45) is 0. The molecule has 1 aliphatic heterocycles. The number of rotatable bonds is 5. The average Bonchev–Trinajstić information content (AvgIpc) is 3.32. The summed E-state index contributed by atoms with van der Waals surface area (Å²) >= 11 is 6.20. The number of carbonyl (C=O) groups is 1. The molecule has 3 aromatic carbocycles. The minimum Gasteiger partial charge on any atom is -1.00 e. The predicted molar refractivity (Wildman–Crippen MR) is 128 cm³/mol.